The standard InChI is InChI=1S/C16H10BrFOS/c17-14-8-11(18)6-5-10(14)7-15(19)13-9-20-16-4-2-1-3-12(13)16/h1-6,8-9H,7H2. The first-order valence-electron chi connectivity index (χ1n) is 6.08. The van der Waals surface area contributed by atoms with Crippen molar-refractivity contribution < 1.29 is 9.18 Å². The van der Waals surface area contributed by atoms with E-state index in [-0.39, 0.29) is 18.0 Å². The minimum absolute atomic E-state index is 0.0507. The van der Waals surface area contributed by atoms with Crippen LogP contribution in [0.2, 0.25) is 0 Å². The Balaban J connectivity index is 1.93. The van der Waals surface area contributed by atoms with E-state index < -0.39 is 0 Å². The first-order valence-corrected chi connectivity index (χ1v) is 7.76. The summed E-state index contributed by atoms with van der Waals surface area (Å²) in [5.74, 6) is -0.260. The molecular weight excluding hydrogens is 339 g/mol. The van der Waals surface area contributed by atoms with E-state index >= 15 is 0 Å². The smallest absolute Gasteiger partial charge is 0.168 e. The van der Waals surface area contributed by atoms with E-state index in [0.717, 1.165) is 21.2 Å². The summed E-state index contributed by atoms with van der Waals surface area (Å²) in [6, 6.07) is 12.3. The molecule has 0 saturated carbocycles. The first kappa shape index (κ1) is 13.5. The van der Waals surface area contributed by atoms with E-state index in [1.165, 1.54) is 12.1 Å². The highest BCUT2D eigenvalue weighted by atomic mass is 79.9. The number of halogens is 2. The maximum atomic E-state index is 13.1. The summed E-state index contributed by atoms with van der Waals surface area (Å²) in [5, 5.41) is 2.88. The van der Waals surface area contributed by atoms with Gasteiger partial charge in [-0.05, 0) is 23.8 Å². The van der Waals surface area contributed by atoms with Crippen molar-refractivity contribution in [1.29, 1.82) is 0 Å². The number of carbonyl (C=O) groups is 1. The van der Waals surface area contributed by atoms with Gasteiger partial charge in [0.25, 0.3) is 0 Å². The quantitative estimate of drug-likeness (QED) is 0.592. The van der Waals surface area contributed by atoms with Crippen molar-refractivity contribution in [2.75, 3.05) is 0 Å². The van der Waals surface area contributed by atoms with Crippen LogP contribution in [0.5, 0.6) is 0 Å². The molecule has 1 nitrogen and oxygen atoms in total. The molecule has 0 bridgehead atoms. The van der Waals surface area contributed by atoms with Gasteiger partial charge in [0.15, 0.2) is 5.78 Å². The molecule has 0 fully saturated rings. The number of Topliss-reactive ketones (excluding diaryl/α,β-unsaturated/α-hetero) is 1. The third kappa shape index (κ3) is 2.53. The predicted octanol–water partition coefficient (Wildman–Crippen LogP) is 5.23. The predicted molar refractivity (Wildman–Crippen MR) is 84.0 cm³/mol. The Morgan fingerprint density at radius 1 is 1.20 bits per heavy atom. The van der Waals surface area contributed by atoms with E-state index in [0.29, 0.717) is 4.47 Å². The highest BCUT2D eigenvalue weighted by Gasteiger charge is 2.14. The van der Waals surface area contributed by atoms with Crippen molar-refractivity contribution in [2.45, 2.75) is 6.42 Å². The minimum Gasteiger partial charge on any atom is -0.294 e. The van der Waals surface area contributed by atoms with Gasteiger partial charge < -0.3 is 0 Å². The largest absolute Gasteiger partial charge is 0.294 e. The van der Waals surface area contributed by atoms with Crippen molar-refractivity contribution >= 4 is 43.1 Å². The lowest BCUT2D eigenvalue weighted by Crippen LogP contribution is -2.03. The van der Waals surface area contributed by atoms with Gasteiger partial charge in [0.05, 0.1) is 0 Å². The summed E-state index contributed by atoms with van der Waals surface area (Å²) in [6.45, 7) is 0. The molecule has 2 aromatic carbocycles. The fourth-order valence-corrected chi connectivity index (χ4v) is 3.58. The van der Waals surface area contributed by atoms with Crippen molar-refractivity contribution in [2.24, 2.45) is 0 Å². The van der Waals surface area contributed by atoms with E-state index in [1.54, 1.807) is 17.4 Å². The molecule has 1 aromatic heterocycles. The molecule has 4 heteroatoms. The second-order valence-electron chi connectivity index (χ2n) is 4.48. The molecule has 0 radical (unpaired) electrons. The van der Waals surface area contributed by atoms with E-state index in [2.05, 4.69) is 15.9 Å². The average Bonchev–Trinajstić information content (AvgIpc) is 2.86. The van der Waals surface area contributed by atoms with Crippen LogP contribution in [0.15, 0.2) is 52.3 Å². The fraction of sp³-hybridized carbons (Fsp3) is 0.0625. The monoisotopic (exact) mass is 348 g/mol. The molecule has 3 aromatic rings. The van der Waals surface area contributed by atoms with Gasteiger partial charge in [0.2, 0.25) is 0 Å². The zero-order valence-electron chi connectivity index (χ0n) is 10.4. The highest BCUT2D eigenvalue weighted by molar-refractivity contribution is 9.10. The summed E-state index contributed by atoms with van der Waals surface area (Å²) >= 11 is 4.87. The molecule has 0 N–H and O–H groups in total. The molecule has 0 aliphatic rings. The van der Waals surface area contributed by atoms with Crippen LogP contribution in [-0.4, -0.2) is 5.78 Å². The van der Waals surface area contributed by atoms with Crippen LogP contribution in [0.4, 0.5) is 4.39 Å². The summed E-state index contributed by atoms with van der Waals surface area (Å²) in [4.78, 5) is 12.4. The highest BCUT2D eigenvalue weighted by Crippen LogP contribution is 2.27. The number of hydrogen-bond donors (Lipinski definition) is 0. The SMILES string of the molecule is O=C(Cc1ccc(F)cc1Br)c1csc2ccccc12. The number of thiophene rings is 1. The van der Waals surface area contributed by atoms with Gasteiger partial charge in [-0.2, -0.15) is 0 Å². The Labute approximate surface area is 128 Å². The van der Waals surface area contributed by atoms with Crippen molar-refractivity contribution in [1.82, 2.24) is 0 Å². The first-order chi connectivity index (χ1) is 9.65. The molecular formula is C16H10BrFOS. The number of ketones is 1. The molecule has 0 saturated heterocycles. The lowest BCUT2D eigenvalue weighted by atomic mass is 10.0. The summed E-state index contributed by atoms with van der Waals surface area (Å²) in [5.41, 5.74) is 1.54. The number of rotatable bonds is 3. The number of benzene rings is 2. The lowest BCUT2D eigenvalue weighted by Gasteiger charge is -2.04. The summed E-state index contributed by atoms with van der Waals surface area (Å²) < 4.78 is 14.8. The van der Waals surface area contributed by atoms with Gasteiger partial charge in [-0.3, -0.25) is 4.79 Å². The minimum atomic E-state index is -0.311. The summed E-state index contributed by atoms with van der Waals surface area (Å²) in [6.07, 6.45) is 0.265. The molecule has 20 heavy (non-hydrogen) atoms. The summed E-state index contributed by atoms with van der Waals surface area (Å²) in [7, 11) is 0. The topological polar surface area (TPSA) is 17.1 Å². The van der Waals surface area contributed by atoms with E-state index in [1.807, 2.05) is 29.6 Å². The van der Waals surface area contributed by atoms with Crippen LogP contribution in [0.1, 0.15) is 15.9 Å². The van der Waals surface area contributed by atoms with Crippen LogP contribution < -0.4 is 0 Å². The van der Waals surface area contributed by atoms with Gasteiger partial charge in [-0.25, -0.2) is 4.39 Å². The maximum Gasteiger partial charge on any atom is 0.168 e. The van der Waals surface area contributed by atoms with Gasteiger partial charge >= 0.3 is 0 Å². The molecule has 0 aliphatic heterocycles. The number of hydrogen-bond acceptors (Lipinski definition) is 2. The lowest BCUT2D eigenvalue weighted by molar-refractivity contribution is 0.0994. The molecule has 0 atom stereocenters. The number of fused-ring (bicyclic) bond motifs is 1. The van der Waals surface area contributed by atoms with E-state index in [4.69, 9.17) is 0 Å². The van der Waals surface area contributed by atoms with Gasteiger partial charge in [-0.15, -0.1) is 11.3 Å². The van der Waals surface area contributed by atoms with Gasteiger partial charge in [-0.1, -0.05) is 40.2 Å². The van der Waals surface area contributed by atoms with Crippen LogP contribution in [0.3, 0.4) is 0 Å². The van der Waals surface area contributed by atoms with Crippen molar-refractivity contribution in [3.8, 4) is 0 Å². The molecule has 1 heterocycles. The Morgan fingerprint density at radius 3 is 2.80 bits per heavy atom. The fourth-order valence-electron chi connectivity index (χ4n) is 2.13. The molecule has 100 valence electrons. The van der Waals surface area contributed by atoms with Crippen LogP contribution in [-0.2, 0) is 6.42 Å². The average molecular weight is 349 g/mol. The number of carbonyl (C=O) groups excluding carboxylic acids is 1. The Kier molecular flexibility index (Phi) is 3.68. The zero-order valence-corrected chi connectivity index (χ0v) is 12.8. The molecule has 3 rings (SSSR count). The van der Waals surface area contributed by atoms with Crippen molar-refractivity contribution in [3.63, 3.8) is 0 Å². The third-order valence-corrected chi connectivity index (χ3v) is 4.85. The van der Waals surface area contributed by atoms with Crippen LogP contribution in [0.25, 0.3) is 10.1 Å². The second kappa shape index (κ2) is 5.46. The van der Waals surface area contributed by atoms with Crippen LogP contribution in [0, 0.1) is 5.82 Å². The molecule has 0 spiro atoms. The second-order valence-corrected chi connectivity index (χ2v) is 6.25. The van der Waals surface area contributed by atoms with Gasteiger partial charge in [0.1, 0.15) is 5.82 Å². The Hall–Kier alpha value is -1.52. The van der Waals surface area contributed by atoms with Crippen molar-refractivity contribution in [3.05, 3.63) is 69.3 Å². The third-order valence-electron chi connectivity index (χ3n) is 3.15. The molecule has 0 unspecified atom stereocenters. The van der Waals surface area contributed by atoms with Gasteiger partial charge in [0, 0.05) is 31.9 Å². The van der Waals surface area contributed by atoms with Crippen LogP contribution >= 0.6 is 27.3 Å². The molecule has 0 aliphatic carbocycles. The molecule has 0 amide bonds. The maximum absolute atomic E-state index is 13.1. The van der Waals surface area contributed by atoms with E-state index in [9.17, 15) is 9.18 Å². The normalized spacial score (nSPS) is 10.9. The zero-order chi connectivity index (χ0) is 14.1. The Morgan fingerprint density at radius 2 is 2.00 bits per heavy atom. The Bertz CT molecular complexity index is 794.